The predicted octanol–water partition coefficient (Wildman–Crippen LogP) is 6.52. The minimum Gasteiger partial charge on any atom is -0.664 e. The summed E-state index contributed by atoms with van der Waals surface area (Å²) in [5.41, 5.74) is 8.18. The Morgan fingerprint density at radius 3 is 1.18 bits per heavy atom. The van der Waals surface area contributed by atoms with Crippen LogP contribution in [0.1, 0.15) is 73.3 Å². The molecule has 4 aromatic rings. The summed E-state index contributed by atoms with van der Waals surface area (Å²) >= 11 is 0. The van der Waals surface area contributed by atoms with Crippen molar-refractivity contribution in [1.29, 1.82) is 0 Å². The first-order valence-electron chi connectivity index (χ1n) is 15.1. The molecule has 0 aliphatic rings. The molecule has 0 saturated carbocycles. The van der Waals surface area contributed by atoms with Gasteiger partial charge in [0.05, 0.1) is 67.0 Å². The monoisotopic (exact) mass is 1020 g/mol. The molecule has 0 saturated heterocycles. The number of nitro benzene ring substituents is 4. The molecule has 0 bridgehead atoms. The number of carbonyl (C=O) groups excluding carboxylic acids is 2. The van der Waals surface area contributed by atoms with Crippen molar-refractivity contribution in [1.82, 2.24) is 0 Å². The van der Waals surface area contributed by atoms with Crippen molar-refractivity contribution in [2.45, 2.75) is 13.2 Å². The van der Waals surface area contributed by atoms with Gasteiger partial charge in [-0.1, -0.05) is 36.4 Å². The van der Waals surface area contributed by atoms with Crippen molar-refractivity contribution in [3.05, 3.63) is 181 Å². The minimum atomic E-state index is -1.60. The van der Waals surface area contributed by atoms with Crippen molar-refractivity contribution in [2.24, 2.45) is 0 Å². The second kappa shape index (κ2) is 27.2. The van der Waals surface area contributed by atoms with Crippen LogP contribution >= 0.6 is 0 Å². The number of nitrogens with one attached hydrogen (secondary N) is 4. The largest absolute Gasteiger partial charge is 0.664 e. The molecule has 0 aliphatic heterocycles. The van der Waals surface area contributed by atoms with Crippen molar-refractivity contribution in [3.63, 3.8) is 0 Å². The van der Waals surface area contributed by atoms with Gasteiger partial charge in [-0.05, 0) is 17.7 Å². The Kier molecular flexibility index (Phi) is 25.2. The number of nitrogens with zero attached hydrogens (tertiary/aromatic N) is 4. The van der Waals surface area contributed by atoms with Crippen LogP contribution in [0.25, 0.3) is 23.3 Å². The number of carbonyl (C=O) groups is 6. The molecule has 4 rings (SSSR count). The van der Waals surface area contributed by atoms with Gasteiger partial charge in [0.2, 0.25) is 0 Å². The third-order valence-electron chi connectivity index (χ3n) is 6.96. The quantitative estimate of drug-likeness (QED) is 0.0771. The number of amides is 2. The number of rotatable bonds is 14. The van der Waals surface area contributed by atoms with Gasteiger partial charge in [-0.25, -0.2) is 19.2 Å². The fourth-order valence-corrected chi connectivity index (χ4v) is 4.57. The number of hydrogen-bond donors (Lipinski definition) is 4. The molecule has 2 amide bonds. The van der Waals surface area contributed by atoms with Crippen LogP contribution in [-0.4, -0.2) is 75.8 Å². The van der Waals surface area contributed by atoms with Gasteiger partial charge in [-0.15, -0.1) is 0 Å². The summed E-state index contributed by atoms with van der Waals surface area (Å²) < 4.78 is 0. The third kappa shape index (κ3) is 16.1. The fourth-order valence-electron chi connectivity index (χ4n) is 4.57. The molecule has 0 heterocycles. The fraction of sp³-hybridized carbons (Fsp3) is 0.0625. The molecule has 0 atom stereocenters. The summed E-state index contributed by atoms with van der Waals surface area (Å²) in [4.78, 5) is 111. The van der Waals surface area contributed by atoms with Crippen molar-refractivity contribution < 1.29 is 144 Å². The molecule has 0 aliphatic carbocycles. The number of carboxylic acids is 4. The molecule has 0 fully saturated rings. The summed E-state index contributed by atoms with van der Waals surface area (Å²) in [5, 5.41) is 77.0. The van der Waals surface area contributed by atoms with Gasteiger partial charge >= 0.3 is 23.9 Å². The van der Waals surface area contributed by atoms with Gasteiger partial charge in [-0.2, -0.15) is 0 Å². The van der Waals surface area contributed by atoms with Crippen LogP contribution in [0.5, 0.6) is 0 Å². The zero-order valence-corrected chi connectivity index (χ0v) is 36.3. The molecule has 8 N–H and O–H groups in total. The molecule has 2 radical (unpaired) electrons. The number of hydrogen-bond acceptors (Lipinski definition) is 16. The molecule has 322 valence electrons. The van der Waals surface area contributed by atoms with Crippen molar-refractivity contribution in [3.8, 4) is 0 Å². The van der Waals surface area contributed by atoms with Crippen LogP contribution in [0.2, 0.25) is 0 Å². The van der Waals surface area contributed by atoms with E-state index >= 15 is 0 Å². The Balaban J connectivity index is 0. The van der Waals surface area contributed by atoms with Gasteiger partial charge in [-0.3, -0.25) is 40.5 Å². The third-order valence-corrected chi connectivity index (χ3v) is 6.96. The van der Waals surface area contributed by atoms with E-state index in [2.05, 4.69) is 9.68 Å². The van der Waals surface area contributed by atoms with Crippen LogP contribution in [0.15, 0.2) is 72.8 Å². The zero-order valence-electron chi connectivity index (χ0n) is 30.6. The smallest absolute Gasteiger partial charge is 0.343 e. The molecule has 0 unspecified atom stereocenters. The zero-order chi connectivity index (χ0) is 46.0. The van der Waals surface area contributed by atoms with E-state index in [9.17, 15) is 69.2 Å². The van der Waals surface area contributed by atoms with Crippen molar-refractivity contribution in [2.75, 3.05) is 0 Å². The van der Waals surface area contributed by atoms with Gasteiger partial charge in [0, 0.05) is 95.2 Å². The minimum absolute atomic E-state index is 0. The molecule has 30 heteroatoms. The molecule has 0 aromatic heterocycles. The van der Waals surface area contributed by atoms with E-state index in [0.29, 0.717) is 0 Å². The summed E-state index contributed by atoms with van der Waals surface area (Å²) in [7, 11) is 0. The molecule has 0 spiro atoms. The first-order valence-corrected chi connectivity index (χ1v) is 15.1. The summed E-state index contributed by atoms with van der Waals surface area (Å²) in [6.07, 6.45) is 0. The van der Waals surface area contributed by atoms with Crippen LogP contribution in [0, 0.1) is 40.5 Å². The van der Waals surface area contributed by atoms with Gasteiger partial charge < -0.3 is 63.0 Å². The normalized spacial score (nSPS) is 9.45. The molecular weight excluding hydrogens is 994 g/mol. The summed E-state index contributed by atoms with van der Waals surface area (Å²) in [5.74, 6) is 4.56. The average Bonchev–Trinajstić information content (AvgIpc) is 3.17. The first kappa shape index (κ1) is 57.4. The summed E-state index contributed by atoms with van der Waals surface area (Å²) in [6.45, 7) is -0.734. The van der Waals surface area contributed by atoms with Crippen LogP contribution in [0.4, 0.5) is 22.7 Å². The maximum Gasteiger partial charge on any atom is 0.343 e. The Bertz CT molecular complexity index is 2200. The SMILES string of the molecule is [NH-]C(=O)c1c(C(=O)O)cccc1[N+](=O)[O-].[NH-]C(=O)c1cccc([N+](=O)[O-])c1C(=O)O.[NH-]OCc1c(C(=O)O)cccc1[N+](=O)[O-].[NH-]OCc1cccc([N+](=O)[O-])c1C(=O)O.[Y].[Y]. The standard InChI is InChI=1S/2C8H7N2O5.2C8H6N2O5.2Y/c9-15-4-6-5(8(11)12)2-1-3-7(6)10(13)14;9-15-4-5-2-1-3-6(10(13)14)7(5)8(11)12;9-7(11)6-4(8(12)13)2-1-3-5(6)10(14)15;9-7(11)4-2-1-3-5(10(14)15)6(4)8(12)13;;/h2*1-3,9H,4H2,(H,11,12);2*1-3H,(H3,9,11,12,13);;/q2*-1;;;;/p-2. The van der Waals surface area contributed by atoms with Gasteiger partial charge in [0.1, 0.15) is 11.1 Å². The topological polar surface area (TPSA) is 470 Å². The number of aromatic carboxylic acids is 4. The van der Waals surface area contributed by atoms with Crippen LogP contribution < -0.4 is 0 Å². The van der Waals surface area contributed by atoms with Crippen LogP contribution in [0.3, 0.4) is 0 Å². The number of benzene rings is 4. The maximum atomic E-state index is 10.8. The van der Waals surface area contributed by atoms with E-state index in [4.69, 9.17) is 43.7 Å². The second-order valence-electron chi connectivity index (χ2n) is 10.5. The number of nitro groups is 4. The van der Waals surface area contributed by atoms with Crippen LogP contribution in [-0.2, 0) is 88.3 Å². The Labute approximate surface area is 394 Å². The molecule has 4 aromatic carbocycles. The predicted molar refractivity (Wildman–Crippen MR) is 196 cm³/mol. The first-order chi connectivity index (χ1) is 28.0. The van der Waals surface area contributed by atoms with E-state index in [1.807, 2.05) is 0 Å². The summed E-state index contributed by atoms with van der Waals surface area (Å²) in [6, 6.07) is 13.8. The van der Waals surface area contributed by atoms with Gasteiger partial charge in [0.15, 0.2) is 0 Å². The van der Waals surface area contributed by atoms with E-state index in [1.165, 1.54) is 30.3 Å². The van der Waals surface area contributed by atoms with E-state index in [-0.39, 0.29) is 94.4 Å². The Hall–Kier alpha value is -6.65. The van der Waals surface area contributed by atoms with Gasteiger partial charge in [0.25, 0.3) is 22.7 Å². The Morgan fingerprint density at radius 1 is 0.468 bits per heavy atom. The Morgan fingerprint density at radius 2 is 0.823 bits per heavy atom. The molecular formula is C32H24N8O20Y2-4. The van der Waals surface area contributed by atoms with E-state index in [0.717, 1.165) is 42.5 Å². The second-order valence-corrected chi connectivity index (χ2v) is 10.5. The van der Waals surface area contributed by atoms with E-state index in [1.54, 1.807) is 0 Å². The average molecular weight is 1020 g/mol. The maximum absolute atomic E-state index is 10.8. The van der Waals surface area contributed by atoms with E-state index < -0.39 is 107 Å². The number of carboxylic acid groups (broad SMARTS) is 4. The molecule has 62 heavy (non-hydrogen) atoms. The van der Waals surface area contributed by atoms with Crippen molar-refractivity contribution >= 4 is 58.4 Å². The molecule has 28 nitrogen and oxygen atoms in total.